The van der Waals surface area contributed by atoms with Crippen LogP contribution in [0, 0.1) is 6.92 Å². The van der Waals surface area contributed by atoms with Crippen LogP contribution in [0.25, 0.3) is 10.9 Å². The fourth-order valence-electron chi connectivity index (χ4n) is 5.16. The topological polar surface area (TPSA) is 92.6 Å². The van der Waals surface area contributed by atoms with E-state index >= 15 is 0 Å². The number of aromatic amines is 1. The number of tetrazole rings is 1. The van der Waals surface area contributed by atoms with Gasteiger partial charge in [-0.2, -0.15) is 0 Å². The van der Waals surface area contributed by atoms with Crippen molar-refractivity contribution < 1.29 is 0 Å². The highest BCUT2D eigenvalue weighted by atomic mass is 16.1. The maximum absolute atomic E-state index is 13.8. The van der Waals surface area contributed by atoms with Gasteiger partial charge in [0.15, 0.2) is 5.82 Å². The van der Waals surface area contributed by atoms with E-state index in [0.717, 1.165) is 33.2 Å². The third kappa shape index (κ3) is 5.43. The molecule has 6 rings (SSSR count). The molecule has 0 aliphatic carbocycles. The van der Waals surface area contributed by atoms with Crippen molar-refractivity contribution in [3.63, 3.8) is 0 Å². The molecule has 8 nitrogen and oxygen atoms in total. The molecule has 3 aromatic heterocycles. The van der Waals surface area contributed by atoms with E-state index in [2.05, 4.69) is 42.5 Å². The van der Waals surface area contributed by atoms with Gasteiger partial charge < -0.3 is 4.98 Å². The van der Waals surface area contributed by atoms with Crippen molar-refractivity contribution in [2.24, 2.45) is 0 Å². The largest absolute Gasteiger partial charge is 0.321 e. The molecular weight excluding hydrogens is 498 g/mol. The van der Waals surface area contributed by atoms with Crippen LogP contribution in [0.4, 0.5) is 0 Å². The Labute approximate surface area is 232 Å². The Hall–Kier alpha value is -4.95. The number of para-hydroxylation sites is 1. The molecule has 0 saturated carbocycles. The molecule has 8 heteroatoms. The second-order valence-corrected chi connectivity index (χ2v) is 9.93. The number of pyridine rings is 2. The summed E-state index contributed by atoms with van der Waals surface area (Å²) in [5, 5.41) is 13.9. The molecule has 1 unspecified atom stereocenters. The molecule has 0 amide bonds. The maximum Gasteiger partial charge on any atom is 0.253 e. The zero-order valence-corrected chi connectivity index (χ0v) is 22.2. The first-order chi connectivity index (χ1) is 19.7. The van der Waals surface area contributed by atoms with Gasteiger partial charge in [0.2, 0.25) is 0 Å². The molecule has 3 heterocycles. The number of nitrogens with one attached hydrogen (secondary N) is 1. The van der Waals surface area contributed by atoms with Gasteiger partial charge >= 0.3 is 0 Å². The molecule has 0 bridgehead atoms. The number of fused-ring (bicyclic) bond motifs is 1. The molecular formula is C32H29N7O. The van der Waals surface area contributed by atoms with E-state index in [-0.39, 0.29) is 5.56 Å². The first-order valence-corrected chi connectivity index (χ1v) is 13.2. The minimum absolute atomic E-state index is 0.162. The third-order valence-corrected chi connectivity index (χ3v) is 7.09. The normalized spacial score (nSPS) is 12.2. The zero-order chi connectivity index (χ0) is 27.3. The Balaban J connectivity index is 1.53. The zero-order valence-electron chi connectivity index (χ0n) is 22.2. The highest BCUT2D eigenvalue weighted by molar-refractivity contribution is 5.82. The van der Waals surface area contributed by atoms with Crippen LogP contribution in [0.1, 0.15) is 39.7 Å². The van der Waals surface area contributed by atoms with Crippen LogP contribution >= 0.6 is 0 Å². The lowest BCUT2D eigenvalue weighted by Gasteiger charge is -2.31. The Kier molecular flexibility index (Phi) is 7.24. The predicted octanol–water partition coefficient (Wildman–Crippen LogP) is 5.06. The average molecular weight is 528 g/mol. The van der Waals surface area contributed by atoms with Crippen molar-refractivity contribution in [3.8, 4) is 0 Å². The van der Waals surface area contributed by atoms with Crippen molar-refractivity contribution in [2.75, 3.05) is 0 Å². The second kappa shape index (κ2) is 11.4. The fourth-order valence-corrected chi connectivity index (χ4v) is 5.16. The van der Waals surface area contributed by atoms with E-state index < -0.39 is 6.04 Å². The van der Waals surface area contributed by atoms with Crippen LogP contribution in [0.2, 0.25) is 0 Å². The summed E-state index contributed by atoms with van der Waals surface area (Å²) in [6.45, 7) is 3.59. The molecule has 40 heavy (non-hydrogen) atoms. The minimum atomic E-state index is -0.534. The Morgan fingerprint density at radius 3 is 2.33 bits per heavy atom. The van der Waals surface area contributed by atoms with E-state index in [1.54, 1.807) is 10.9 Å². The highest BCUT2D eigenvalue weighted by Crippen LogP contribution is 2.30. The van der Waals surface area contributed by atoms with Crippen molar-refractivity contribution in [2.45, 2.75) is 32.6 Å². The molecule has 0 aliphatic rings. The van der Waals surface area contributed by atoms with Crippen molar-refractivity contribution in [3.05, 3.63) is 153 Å². The van der Waals surface area contributed by atoms with Crippen LogP contribution in [0.5, 0.6) is 0 Å². The van der Waals surface area contributed by atoms with E-state index in [9.17, 15) is 4.79 Å². The van der Waals surface area contributed by atoms with E-state index in [1.807, 2.05) is 98.0 Å². The number of nitrogens with zero attached hydrogens (tertiary/aromatic N) is 6. The van der Waals surface area contributed by atoms with Gasteiger partial charge in [-0.05, 0) is 57.1 Å². The highest BCUT2D eigenvalue weighted by Gasteiger charge is 2.31. The van der Waals surface area contributed by atoms with Crippen molar-refractivity contribution >= 4 is 10.9 Å². The second-order valence-electron chi connectivity index (χ2n) is 9.93. The summed E-state index contributed by atoms with van der Waals surface area (Å²) in [7, 11) is 0. The summed E-state index contributed by atoms with van der Waals surface area (Å²) in [6, 6.07) is 31.8. The molecule has 0 fully saturated rings. The summed E-state index contributed by atoms with van der Waals surface area (Å²) in [6.07, 6.45) is 3.62. The van der Waals surface area contributed by atoms with E-state index in [0.29, 0.717) is 31.0 Å². The lowest BCUT2D eigenvalue weighted by molar-refractivity contribution is 0.194. The molecule has 1 N–H and O–H groups in total. The molecule has 198 valence electrons. The van der Waals surface area contributed by atoms with Gasteiger partial charge in [-0.3, -0.25) is 14.7 Å². The number of hydrogen-bond acceptors (Lipinski definition) is 6. The number of H-pyrrole nitrogens is 1. The van der Waals surface area contributed by atoms with Gasteiger partial charge in [0, 0.05) is 31.0 Å². The van der Waals surface area contributed by atoms with Gasteiger partial charge in [-0.25, -0.2) is 4.68 Å². The Bertz CT molecular complexity index is 1720. The predicted molar refractivity (Wildman–Crippen MR) is 154 cm³/mol. The summed E-state index contributed by atoms with van der Waals surface area (Å²) in [4.78, 5) is 23.6. The fraction of sp³-hybridized carbons (Fsp3) is 0.156. The summed E-state index contributed by atoms with van der Waals surface area (Å²) in [5.74, 6) is 0.598. The van der Waals surface area contributed by atoms with E-state index in [4.69, 9.17) is 0 Å². The summed E-state index contributed by atoms with van der Waals surface area (Å²) >= 11 is 0. The smallest absolute Gasteiger partial charge is 0.253 e. The van der Waals surface area contributed by atoms with Gasteiger partial charge in [0.25, 0.3) is 5.56 Å². The standard InChI is InChI=1S/C32H29N7O/c1-23-10-8-16-27-18-28(32(40)34-29(23)27)30(31-35-36-37-39(31)22-25-13-6-3-7-14-25)38(20-24-11-4-2-5-12-24)21-26-15-9-17-33-19-26/h2-19,30H,20-22H2,1H3,(H,34,40). The lowest BCUT2D eigenvalue weighted by Crippen LogP contribution is -2.35. The molecule has 0 radical (unpaired) electrons. The monoisotopic (exact) mass is 527 g/mol. The average Bonchev–Trinajstić information content (AvgIpc) is 3.43. The molecule has 6 aromatic rings. The third-order valence-electron chi connectivity index (χ3n) is 7.09. The molecule has 1 atom stereocenters. The summed E-state index contributed by atoms with van der Waals surface area (Å²) in [5.41, 5.74) is 5.49. The first-order valence-electron chi connectivity index (χ1n) is 13.2. The number of benzene rings is 3. The van der Waals surface area contributed by atoms with Gasteiger partial charge in [0.05, 0.1) is 12.1 Å². The minimum Gasteiger partial charge on any atom is -0.321 e. The molecule has 0 spiro atoms. The molecule has 0 aliphatic heterocycles. The van der Waals surface area contributed by atoms with Gasteiger partial charge in [-0.15, -0.1) is 5.10 Å². The maximum atomic E-state index is 13.8. The van der Waals surface area contributed by atoms with E-state index in [1.165, 1.54) is 0 Å². The Morgan fingerprint density at radius 2 is 1.57 bits per heavy atom. The number of aromatic nitrogens is 6. The van der Waals surface area contributed by atoms with Crippen LogP contribution in [-0.4, -0.2) is 35.1 Å². The van der Waals surface area contributed by atoms with Gasteiger partial charge in [-0.1, -0.05) is 84.9 Å². The van der Waals surface area contributed by atoms with Crippen LogP contribution in [0.15, 0.2) is 114 Å². The van der Waals surface area contributed by atoms with Crippen LogP contribution < -0.4 is 5.56 Å². The first kappa shape index (κ1) is 25.3. The quantitative estimate of drug-likeness (QED) is 0.283. The van der Waals surface area contributed by atoms with Crippen LogP contribution in [-0.2, 0) is 19.6 Å². The SMILES string of the molecule is Cc1cccc2cc(C(c3nnnn3Cc3ccccc3)N(Cc3ccccc3)Cc3cccnc3)c(=O)[nH]c12. The number of rotatable bonds is 9. The van der Waals surface area contributed by atoms with Crippen LogP contribution in [0.3, 0.4) is 0 Å². The van der Waals surface area contributed by atoms with Crippen molar-refractivity contribution in [1.29, 1.82) is 0 Å². The lowest BCUT2D eigenvalue weighted by atomic mass is 10.0. The van der Waals surface area contributed by atoms with Crippen molar-refractivity contribution in [1.82, 2.24) is 35.1 Å². The molecule has 3 aromatic carbocycles. The number of hydrogen-bond donors (Lipinski definition) is 1. The van der Waals surface area contributed by atoms with Gasteiger partial charge in [0.1, 0.15) is 6.04 Å². The summed E-state index contributed by atoms with van der Waals surface area (Å²) < 4.78 is 1.79. The number of aryl methyl sites for hydroxylation is 1. The molecule has 0 saturated heterocycles. The Morgan fingerprint density at radius 1 is 0.850 bits per heavy atom.